The summed E-state index contributed by atoms with van der Waals surface area (Å²) in [5, 5.41) is 7.42. The largest absolute Gasteiger partial charge is 0.481 e. The highest BCUT2D eigenvalue weighted by Crippen LogP contribution is 2.68. The summed E-state index contributed by atoms with van der Waals surface area (Å²) >= 11 is 0. The summed E-state index contributed by atoms with van der Waals surface area (Å²) in [6, 6.07) is 0. The monoisotopic (exact) mass is 907 g/mol. The van der Waals surface area contributed by atoms with E-state index < -0.39 is 35.8 Å². The third kappa shape index (κ3) is 10.2. The summed E-state index contributed by atoms with van der Waals surface area (Å²) in [6.45, 7) is 5.20. The standard InChI is InChI=1S/C34H48O9.C10H14O.C2H4O2.6CH4/c1-4-17(33(37)42-29-21-13-23-24(14-21)34(38)43-30(23)29)10-22(32(36)40-8-7-39-3)9-16(2)31(35)41-26-15-20-12-25(26)28-19-6-5-18(11-19)27(20)28;1-2-6-3-5(1)7-4-8-10(11-8)9(6)7;1-2(3)4;;;;;;/h16-30H,4-15H2,1-3H3;5-10H,1-4H2;1H3,(H,3,4);6*1H4. The summed E-state index contributed by atoms with van der Waals surface area (Å²) in [6.07, 6.45) is 15.6. The molecule has 8 bridgehead atoms. The summed E-state index contributed by atoms with van der Waals surface area (Å²) in [4.78, 5) is 61.2. The number of epoxide rings is 1. The molecule has 1 N–H and O–H groups in total. The van der Waals surface area contributed by atoms with Gasteiger partial charge in [0.15, 0.2) is 0 Å². The average molecular weight is 907 g/mol. The predicted molar refractivity (Wildman–Crippen MR) is 247 cm³/mol. The van der Waals surface area contributed by atoms with Crippen LogP contribution >= 0.6 is 0 Å². The van der Waals surface area contributed by atoms with Gasteiger partial charge in [0, 0.05) is 25.9 Å². The molecule has 2 saturated heterocycles. The zero-order valence-electron chi connectivity index (χ0n) is 34.9. The van der Waals surface area contributed by atoms with Crippen molar-refractivity contribution in [2.24, 2.45) is 94.7 Å². The number of esters is 4. The van der Waals surface area contributed by atoms with Gasteiger partial charge in [-0.15, -0.1) is 0 Å². The fourth-order valence-corrected chi connectivity index (χ4v) is 15.4. The molecule has 11 aliphatic rings. The number of hydrogen-bond acceptors (Lipinski definition) is 11. The maximum absolute atomic E-state index is 13.4. The molecule has 0 aromatic carbocycles. The molecule has 21 unspecified atom stereocenters. The van der Waals surface area contributed by atoms with E-state index in [2.05, 4.69) is 0 Å². The van der Waals surface area contributed by atoms with E-state index in [0.717, 1.165) is 79.3 Å². The Balaban J connectivity index is 0.000000437. The van der Waals surface area contributed by atoms with Crippen LogP contribution in [-0.2, 0) is 52.4 Å². The molecule has 11 fully saturated rings. The second-order valence-corrected chi connectivity index (χ2v) is 20.5. The molecule has 9 saturated carbocycles. The van der Waals surface area contributed by atoms with Crippen molar-refractivity contribution in [3.8, 4) is 0 Å². The van der Waals surface area contributed by atoms with E-state index in [1.54, 1.807) is 20.0 Å². The van der Waals surface area contributed by atoms with Crippen LogP contribution in [0.4, 0.5) is 0 Å². The van der Waals surface area contributed by atoms with Gasteiger partial charge in [0.25, 0.3) is 5.97 Å². The van der Waals surface area contributed by atoms with Gasteiger partial charge in [-0.1, -0.05) is 58.4 Å². The van der Waals surface area contributed by atoms with Gasteiger partial charge >= 0.3 is 23.9 Å². The number of ether oxygens (including phenoxy) is 6. The molecule has 12 heteroatoms. The van der Waals surface area contributed by atoms with Gasteiger partial charge in [-0.2, -0.15) is 0 Å². The molecule has 64 heavy (non-hydrogen) atoms. The average Bonchev–Trinajstić information content (AvgIpc) is 4.02. The Labute approximate surface area is 387 Å². The molecule has 0 radical (unpaired) electrons. The Morgan fingerprint density at radius 2 is 1.28 bits per heavy atom. The predicted octanol–water partition coefficient (Wildman–Crippen LogP) is 10.1. The number of carboxylic acid groups (broad SMARTS) is 1. The molecule has 11 rings (SSSR count). The normalized spacial score (nSPS) is 41.2. The number of fused-ring (bicyclic) bond motifs is 17. The van der Waals surface area contributed by atoms with Crippen molar-refractivity contribution < 1.29 is 57.5 Å². The first-order valence-corrected chi connectivity index (χ1v) is 23.1. The maximum Gasteiger partial charge on any atom is 0.309 e. The highest BCUT2D eigenvalue weighted by atomic mass is 16.6. The fraction of sp³-hybridized carbons (Fsp3) is 0.904. The highest BCUT2D eigenvalue weighted by molar-refractivity contribution is 5.79. The van der Waals surface area contributed by atoms with Crippen molar-refractivity contribution >= 4 is 29.8 Å². The first kappa shape index (κ1) is 55.6. The van der Waals surface area contributed by atoms with Crippen LogP contribution in [0.3, 0.4) is 0 Å². The van der Waals surface area contributed by atoms with Crippen molar-refractivity contribution in [3.05, 3.63) is 0 Å². The lowest BCUT2D eigenvalue weighted by atomic mass is 9.70. The van der Waals surface area contributed by atoms with E-state index in [-0.39, 0.29) is 118 Å². The molecule has 2 aliphatic heterocycles. The Hall–Kier alpha value is -2.73. The third-order valence-electron chi connectivity index (χ3n) is 17.6. The summed E-state index contributed by atoms with van der Waals surface area (Å²) in [5.41, 5.74) is 0. The minimum Gasteiger partial charge on any atom is -0.481 e. The van der Waals surface area contributed by atoms with Gasteiger partial charge in [0.1, 0.15) is 24.9 Å². The second-order valence-electron chi connectivity index (χ2n) is 20.5. The maximum atomic E-state index is 13.4. The van der Waals surface area contributed by atoms with Crippen LogP contribution in [0.5, 0.6) is 0 Å². The van der Waals surface area contributed by atoms with Gasteiger partial charge in [0.2, 0.25) is 0 Å². The minimum atomic E-state index is -0.833. The van der Waals surface area contributed by atoms with Crippen molar-refractivity contribution in [2.45, 2.75) is 186 Å². The van der Waals surface area contributed by atoms with Gasteiger partial charge in [0.05, 0.1) is 42.5 Å². The Bertz CT molecular complexity index is 1600. The number of aliphatic carboxylic acids is 1. The van der Waals surface area contributed by atoms with Crippen molar-refractivity contribution in [2.75, 3.05) is 20.3 Å². The zero-order valence-corrected chi connectivity index (χ0v) is 34.9. The molecule has 0 aromatic rings. The lowest BCUT2D eigenvalue weighted by Gasteiger charge is -2.38. The number of carboxylic acids is 1. The topological polar surface area (TPSA) is 164 Å². The summed E-state index contributed by atoms with van der Waals surface area (Å²) in [7, 11) is 1.54. The van der Waals surface area contributed by atoms with E-state index in [4.69, 9.17) is 38.3 Å². The van der Waals surface area contributed by atoms with Crippen molar-refractivity contribution in [1.29, 1.82) is 0 Å². The first-order chi connectivity index (χ1) is 27.9. The molecular formula is C52H90O12. The minimum absolute atomic E-state index is 0. The van der Waals surface area contributed by atoms with E-state index >= 15 is 0 Å². The molecule has 21 atom stereocenters. The van der Waals surface area contributed by atoms with Crippen LogP contribution in [0, 0.1) is 94.7 Å². The molecule has 2 heterocycles. The first-order valence-electron chi connectivity index (χ1n) is 23.1. The van der Waals surface area contributed by atoms with E-state index in [0.29, 0.717) is 24.7 Å². The lowest BCUT2D eigenvalue weighted by molar-refractivity contribution is -0.167. The fourth-order valence-electron chi connectivity index (χ4n) is 15.4. The lowest BCUT2D eigenvalue weighted by Crippen LogP contribution is -2.39. The molecule has 0 aromatic heterocycles. The Morgan fingerprint density at radius 3 is 1.94 bits per heavy atom. The van der Waals surface area contributed by atoms with E-state index in [1.165, 1.54) is 38.5 Å². The molecule has 12 nitrogen and oxygen atoms in total. The smallest absolute Gasteiger partial charge is 0.309 e. The molecule has 0 amide bonds. The number of rotatable bonds is 13. The van der Waals surface area contributed by atoms with Gasteiger partial charge in [-0.05, 0) is 149 Å². The van der Waals surface area contributed by atoms with Crippen molar-refractivity contribution in [1.82, 2.24) is 0 Å². The number of hydrogen-bond donors (Lipinski definition) is 1. The van der Waals surface area contributed by atoms with Crippen LogP contribution in [0.25, 0.3) is 0 Å². The van der Waals surface area contributed by atoms with Gasteiger partial charge in [-0.3, -0.25) is 24.0 Å². The number of methoxy groups -OCH3 is 1. The van der Waals surface area contributed by atoms with E-state index in [9.17, 15) is 19.2 Å². The zero-order chi connectivity index (χ0) is 40.6. The van der Waals surface area contributed by atoms with Crippen LogP contribution in [0.15, 0.2) is 0 Å². The third-order valence-corrected chi connectivity index (χ3v) is 17.6. The molecule has 0 spiro atoms. The highest BCUT2D eigenvalue weighted by Gasteiger charge is 2.66. The van der Waals surface area contributed by atoms with Gasteiger partial charge < -0.3 is 33.5 Å². The van der Waals surface area contributed by atoms with Crippen LogP contribution < -0.4 is 0 Å². The van der Waals surface area contributed by atoms with Gasteiger partial charge in [-0.25, -0.2) is 0 Å². The number of carbonyl (C=O) groups is 5. The quantitative estimate of drug-likeness (QED) is 0.0613. The second kappa shape index (κ2) is 22.4. The summed E-state index contributed by atoms with van der Waals surface area (Å²) in [5.74, 6) is 5.39. The van der Waals surface area contributed by atoms with E-state index in [1.807, 2.05) is 13.8 Å². The van der Waals surface area contributed by atoms with Crippen LogP contribution in [0.1, 0.15) is 155 Å². The van der Waals surface area contributed by atoms with Crippen molar-refractivity contribution in [3.63, 3.8) is 0 Å². The summed E-state index contributed by atoms with van der Waals surface area (Å²) < 4.78 is 33.9. The molecular weight excluding hydrogens is 817 g/mol. The SMILES string of the molecule is C.C.C.C.C.C.C1CC2CC1C1CC3OC3C21.CC(=O)O.CCC(CC(CC(C)C(=O)OC1CC2CC1C1C3CCC(C3)C21)C(=O)OCCOC)C(=O)OC1C2CC3C(=O)OC1C3C2. The van der Waals surface area contributed by atoms with Crippen LogP contribution in [0.2, 0.25) is 0 Å². The Kier molecular flexibility index (Phi) is 19.4. The van der Waals surface area contributed by atoms with Crippen LogP contribution in [-0.4, -0.2) is 85.8 Å². The Morgan fingerprint density at radius 1 is 0.656 bits per heavy atom. The molecule has 370 valence electrons. The molecule has 9 aliphatic carbocycles. The number of carbonyl (C=O) groups excluding carboxylic acids is 4.